The molecule has 0 aliphatic heterocycles. The normalized spacial score (nSPS) is 10.0. The summed E-state index contributed by atoms with van der Waals surface area (Å²) >= 11 is 0. The fourth-order valence-corrected chi connectivity index (χ4v) is 2.31. The van der Waals surface area contributed by atoms with Gasteiger partial charge in [-0.05, 0) is 36.2 Å². The van der Waals surface area contributed by atoms with Crippen LogP contribution in [-0.2, 0) is 6.42 Å². The van der Waals surface area contributed by atoms with Crippen LogP contribution in [0.2, 0.25) is 0 Å². The van der Waals surface area contributed by atoms with Gasteiger partial charge in [-0.25, -0.2) is 0 Å². The second-order valence-electron chi connectivity index (χ2n) is 4.89. The number of methoxy groups -OCH3 is 3. The summed E-state index contributed by atoms with van der Waals surface area (Å²) in [5.41, 5.74) is 1.50. The minimum Gasteiger partial charge on any atom is -0.497 e. The molecule has 0 heterocycles. The zero-order chi connectivity index (χ0) is 16.7. The van der Waals surface area contributed by atoms with Crippen LogP contribution in [0.5, 0.6) is 17.2 Å². The Morgan fingerprint density at radius 3 is 2.22 bits per heavy atom. The van der Waals surface area contributed by atoms with Crippen molar-refractivity contribution in [2.24, 2.45) is 0 Å². The van der Waals surface area contributed by atoms with E-state index in [1.54, 1.807) is 25.3 Å². The minimum absolute atomic E-state index is 0.220. The van der Waals surface area contributed by atoms with Crippen LogP contribution in [0.4, 0.5) is 0 Å². The molecule has 0 saturated carbocycles. The predicted molar refractivity (Wildman–Crippen MR) is 88.6 cm³/mol. The topological polar surface area (TPSA) is 56.8 Å². The van der Waals surface area contributed by atoms with Gasteiger partial charge in [-0.15, -0.1) is 0 Å². The third-order valence-electron chi connectivity index (χ3n) is 3.49. The van der Waals surface area contributed by atoms with E-state index in [9.17, 15) is 4.79 Å². The first kappa shape index (κ1) is 16.7. The molecule has 23 heavy (non-hydrogen) atoms. The molecule has 2 aromatic carbocycles. The smallest absolute Gasteiger partial charge is 0.258 e. The molecule has 2 aromatic rings. The van der Waals surface area contributed by atoms with E-state index in [-0.39, 0.29) is 5.91 Å². The van der Waals surface area contributed by atoms with Gasteiger partial charge < -0.3 is 19.5 Å². The molecule has 0 aliphatic rings. The molecule has 0 atom stereocenters. The zero-order valence-electron chi connectivity index (χ0n) is 13.6. The first-order chi connectivity index (χ1) is 11.2. The largest absolute Gasteiger partial charge is 0.497 e. The molecule has 0 fully saturated rings. The zero-order valence-corrected chi connectivity index (χ0v) is 13.6. The highest BCUT2D eigenvalue weighted by Crippen LogP contribution is 2.27. The van der Waals surface area contributed by atoms with Crippen molar-refractivity contribution in [2.45, 2.75) is 6.42 Å². The third kappa shape index (κ3) is 4.16. The Labute approximate surface area is 136 Å². The van der Waals surface area contributed by atoms with Crippen LogP contribution in [0.3, 0.4) is 0 Å². The van der Waals surface area contributed by atoms with Gasteiger partial charge in [0.05, 0.1) is 21.3 Å². The average molecular weight is 315 g/mol. The molecule has 0 unspecified atom stereocenters. The number of hydrogen-bond donors (Lipinski definition) is 1. The molecule has 0 aromatic heterocycles. The highest BCUT2D eigenvalue weighted by atomic mass is 16.5. The number of rotatable bonds is 7. The highest BCUT2D eigenvalue weighted by molar-refractivity contribution is 5.99. The molecular formula is C18H21NO4. The molecule has 0 aliphatic carbocycles. The van der Waals surface area contributed by atoms with E-state index in [0.717, 1.165) is 11.3 Å². The van der Waals surface area contributed by atoms with Crippen LogP contribution < -0.4 is 19.5 Å². The van der Waals surface area contributed by atoms with Gasteiger partial charge in [0.15, 0.2) is 0 Å². The molecule has 2 rings (SSSR count). The van der Waals surface area contributed by atoms with E-state index < -0.39 is 0 Å². The number of amides is 1. The first-order valence-corrected chi connectivity index (χ1v) is 7.31. The lowest BCUT2D eigenvalue weighted by atomic mass is 10.1. The molecule has 0 bridgehead atoms. The maximum atomic E-state index is 12.4. The summed E-state index contributed by atoms with van der Waals surface area (Å²) in [5, 5.41) is 2.89. The number of ether oxygens (including phenoxy) is 3. The molecular weight excluding hydrogens is 294 g/mol. The van der Waals surface area contributed by atoms with Crippen LogP contribution in [0, 0.1) is 0 Å². The molecule has 0 radical (unpaired) electrons. The summed E-state index contributed by atoms with van der Waals surface area (Å²) in [5.74, 6) is 1.56. The Morgan fingerprint density at radius 1 is 0.957 bits per heavy atom. The summed E-state index contributed by atoms with van der Waals surface area (Å²) in [7, 11) is 4.69. The second kappa shape index (κ2) is 8.08. The number of carbonyl (C=O) groups is 1. The Balaban J connectivity index is 2.02. The van der Waals surface area contributed by atoms with Gasteiger partial charge in [0, 0.05) is 6.54 Å². The van der Waals surface area contributed by atoms with Crippen molar-refractivity contribution in [1.82, 2.24) is 5.32 Å². The summed E-state index contributed by atoms with van der Waals surface area (Å²) < 4.78 is 15.7. The highest BCUT2D eigenvalue weighted by Gasteiger charge is 2.17. The maximum absolute atomic E-state index is 12.4. The van der Waals surface area contributed by atoms with E-state index >= 15 is 0 Å². The monoisotopic (exact) mass is 315 g/mol. The van der Waals surface area contributed by atoms with E-state index in [1.165, 1.54) is 14.2 Å². The van der Waals surface area contributed by atoms with Gasteiger partial charge in [0.25, 0.3) is 5.91 Å². The summed E-state index contributed by atoms with van der Waals surface area (Å²) in [4.78, 5) is 12.4. The van der Waals surface area contributed by atoms with E-state index in [0.29, 0.717) is 30.0 Å². The standard InChI is InChI=1S/C18H21NO4/c1-21-14-7-4-6-13(12-14)10-11-19-18(20)17-15(22-2)8-5-9-16(17)23-3/h4-9,12H,10-11H2,1-3H3,(H,19,20). The van der Waals surface area contributed by atoms with Gasteiger partial charge >= 0.3 is 0 Å². The molecule has 0 saturated heterocycles. The van der Waals surface area contributed by atoms with Gasteiger partial charge in [0.2, 0.25) is 0 Å². The molecule has 5 heteroatoms. The van der Waals surface area contributed by atoms with E-state index in [2.05, 4.69) is 5.32 Å². The maximum Gasteiger partial charge on any atom is 0.258 e. The van der Waals surface area contributed by atoms with Crippen molar-refractivity contribution >= 4 is 5.91 Å². The third-order valence-corrected chi connectivity index (χ3v) is 3.49. The second-order valence-corrected chi connectivity index (χ2v) is 4.89. The van der Waals surface area contributed by atoms with Gasteiger partial charge in [-0.1, -0.05) is 18.2 Å². The average Bonchev–Trinajstić information content (AvgIpc) is 2.60. The van der Waals surface area contributed by atoms with Crippen molar-refractivity contribution in [3.8, 4) is 17.2 Å². The summed E-state index contributed by atoms with van der Waals surface area (Å²) in [6.45, 7) is 0.507. The molecule has 1 amide bonds. The number of carbonyl (C=O) groups excluding carboxylic acids is 1. The number of nitrogens with one attached hydrogen (secondary N) is 1. The molecule has 5 nitrogen and oxygen atoms in total. The summed E-state index contributed by atoms with van der Waals surface area (Å²) in [6, 6.07) is 13.0. The van der Waals surface area contributed by atoms with Crippen LogP contribution in [0.25, 0.3) is 0 Å². The van der Waals surface area contributed by atoms with Crippen LogP contribution in [0.15, 0.2) is 42.5 Å². The lowest BCUT2D eigenvalue weighted by Crippen LogP contribution is -2.26. The summed E-state index contributed by atoms with van der Waals surface area (Å²) in [6.07, 6.45) is 0.709. The molecule has 122 valence electrons. The Morgan fingerprint density at radius 2 is 1.61 bits per heavy atom. The quantitative estimate of drug-likeness (QED) is 0.853. The van der Waals surface area contributed by atoms with Crippen LogP contribution in [-0.4, -0.2) is 33.8 Å². The Bertz CT molecular complexity index is 648. The van der Waals surface area contributed by atoms with Crippen molar-refractivity contribution in [1.29, 1.82) is 0 Å². The Hall–Kier alpha value is -2.69. The van der Waals surface area contributed by atoms with Gasteiger partial charge in [-0.3, -0.25) is 4.79 Å². The van der Waals surface area contributed by atoms with E-state index in [4.69, 9.17) is 14.2 Å². The Kier molecular flexibility index (Phi) is 5.86. The van der Waals surface area contributed by atoms with Crippen LogP contribution in [0.1, 0.15) is 15.9 Å². The number of hydrogen-bond acceptors (Lipinski definition) is 4. The molecule has 1 N–H and O–H groups in total. The number of benzene rings is 2. The lowest BCUT2D eigenvalue weighted by molar-refractivity contribution is 0.0948. The van der Waals surface area contributed by atoms with Crippen molar-refractivity contribution in [3.63, 3.8) is 0 Å². The minimum atomic E-state index is -0.220. The van der Waals surface area contributed by atoms with Crippen molar-refractivity contribution in [3.05, 3.63) is 53.6 Å². The fraction of sp³-hybridized carbons (Fsp3) is 0.278. The SMILES string of the molecule is COc1cccc(CCNC(=O)c2c(OC)cccc2OC)c1. The van der Waals surface area contributed by atoms with E-state index in [1.807, 2.05) is 24.3 Å². The first-order valence-electron chi connectivity index (χ1n) is 7.31. The van der Waals surface area contributed by atoms with Gasteiger partial charge in [0.1, 0.15) is 22.8 Å². The lowest BCUT2D eigenvalue weighted by Gasteiger charge is -2.13. The predicted octanol–water partition coefficient (Wildman–Crippen LogP) is 2.68. The van der Waals surface area contributed by atoms with Gasteiger partial charge in [-0.2, -0.15) is 0 Å². The van der Waals surface area contributed by atoms with Crippen molar-refractivity contribution < 1.29 is 19.0 Å². The molecule has 0 spiro atoms. The van der Waals surface area contributed by atoms with Crippen LogP contribution >= 0.6 is 0 Å². The fourth-order valence-electron chi connectivity index (χ4n) is 2.31. The van der Waals surface area contributed by atoms with Crippen molar-refractivity contribution in [2.75, 3.05) is 27.9 Å².